The van der Waals surface area contributed by atoms with E-state index in [9.17, 15) is 19.1 Å². The minimum atomic E-state index is -1.11. The predicted octanol–water partition coefficient (Wildman–Crippen LogP) is 7.94. The lowest BCUT2D eigenvalue weighted by Crippen LogP contribution is -2.31. The van der Waals surface area contributed by atoms with E-state index >= 15 is 0 Å². The van der Waals surface area contributed by atoms with E-state index < -0.39 is 23.5 Å². The lowest BCUT2D eigenvalue weighted by molar-refractivity contribution is -0.117. The van der Waals surface area contributed by atoms with Gasteiger partial charge in [0.05, 0.1) is 32.4 Å². The third-order valence-corrected chi connectivity index (χ3v) is 9.87. The van der Waals surface area contributed by atoms with Gasteiger partial charge in [-0.3, -0.25) is 14.5 Å². The van der Waals surface area contributed by atoms with Gasteiger partial charge in [0.15, 0.2) is 38.7 Å². The van der Waals surface area contributed by atoms with Crippen molar-refractivity contribution in [2.24, 2.45) is 5.92 Å². The molecule has 1 unspecified atom stereocenters. The van der Waals surface area contributed by atoms with E-state index in [2.05, 4.69) is 24.0 Å². The van der Waals surface area contributed by atoms with E-state index in [-0.39, 0.29) is 22.3 Å². The summed E-state index contributed by atoms with van der Waals surface area (Å²) in [6, 6.07) is 16.9. The fourth-order valence-electron chi connectivity index (χ4n) is 5.25. The van der Waals surface area contributed by atoms with E-state index in [1.165, 1.54) is 43.0 Å². The number of amides is 1. The number of carbonyl (C=O) groups is 2. The summed E-state index contributed by atoms with van der Waals surface area (Å²) < 4.78 is 36.9. The molecule has 0 bridgehead atoms. The van der Waals surface area contributed by atoms with Crippen LogP contribution in [0.4, 0.5) is 9.52 Å². The first-order valence-electron chi connectivity index (χ1n) is 15.1. The molecule has 10 nitrogen and oxygen atoms in total. The lowest BCUT2D eigenvalue weighted by atomic mass is 9.95. The largest absolute Gasteiger partial charge is 0.503 e. The summed E-state index contributed by atoms with van der Waals surface area (Å²) in [6.45, 7) is 4.68. The van der Waals surface area contributed by atoms with Crippen molar-refractivity contribution < 1.29 is 37.7 Å². The van der Waals surface area contributed by atoms with Gasteiger partial charge in [-0.1, -0.05) is 67.3 Å². The van der Waals surface area contributed by atoms with Crippen LogP contribution in [-0.2, 0) is 10.5 Å². The zero-order chi connectivity index (χ0) is 33.9. The number of ether oxygens (including phenoxy) is 3. The molecule has 1 aliphatic rings. The van der Waals surface area contributed by atoms with E-state index in [1.807, 2.05) is 0 Å². The molecule has 0 saturated carbocycles. The molecule has 1 atom stereocenters. The SMILES string of the molecule is COc1cc(C2C(C(=O)c3cc4cccc(OC)c4o3)=C(O)C(=O)N2c2nnc(SCc3ccc(F)cc3)s2)ccc1OCCC(C)C. The van der Waals surface area contributed by atoms with Crippen LogP contribution in [0.5, 0.6) is 17.2 Å². The van der Waals surface area contributed by atoms with Gasteiger partial charge in [0, 0.05) is 11.1 Å². The second-order valence-electron chi connectivity index (χ2n) is 11.4. The minimum absolute atomic E-state index is 0.0795. The van der Waals surface area contributed by atoms with Crippen LogP contribution < -0.4 is 19.1 Å². The highest BCUT2D eigenvalue weighted by Gasteiger charge is 2.47. The van der Waals surface area contributed by atoms with Crippen molar-refractivity contribution in [2.45, 2.75) is 36.4 Å². The Morgan fingerprint density at radius 2 is 1.81 bits per heavy atom. The first-order chi connectivity index (χ1) is 23.2. The number of nitrogens with zero attached hydrogens (tertiary/aromatic N) is 3. The number of aromatic nitrogens is 2. The van der Waals surface area contributed by atoms with Gasteiger partial charge in [-0.25, -0.2) is 4.39 Å². The van der Waals surface area contributed by atoms with Crippen molar-refractivity contribution in [2.75, 3.05) is 25.7 Å². The quantitative estimate of drug-likeness (QED) is 0.0740. The third kappa shape index (κ3) is 6.60. The van der Waals surface area contributed by atoms with Gasteiger partial charge < -0.3 is 23.7 Å². The molecule has 2 aromatic heterocycles. The zero-order valence-corrected chi connectivity index (χ0v) is 28.2. The second kappa shape index (κ2) is 14.1. The van der Waals surface area contributed by atoms with E-state index in [0.717, 1.165) is 23.3 Å². The van der Waals surface area contributed by atoms with Gasteiger partial charge >= 0.3 is 0 Å². The molecular formula is C35H32FN3O7S2. The molecule has 48 heavy (non-hydrogen) atoms. The molecule has 0 aliphatic carbocycles. The molecule has 0 fully saturated rings. The number of hydrogen-bond donors (Lipinski definition) is 1. The summed E-state index contributed by atoms with van der Waals surface area (Å²) in [5.41, 5.74) is 1.51. The number of furan rings is 1. The number of ketones is 1. The standard InChI is InChI=1S/C35H32FN3O7S2/c1-19(2)14-15-45-24-13-10-21(16-26(24)44-4)29-28(30(40)27-17-22-6-5-7-25(43-3)32(22)46-27)31(41)33(42)39(29)34-37-38-35(48-34)47-18-20-8-11-23(36)12-9-20/h5-13,16-17,19,29,41H,14-15,18H2,1-4H3. The Hall–Kier alpha value is -4.88. The fraction of sp³-hybridized carbons (Fsp3) is 0.257. The third-order valence-electron chi connectivity index (χ3n) is 7.74. The van der Waals surface area contributed by atoms with Crippen molar-refractivity contribution >= 4 is 50.9 Å². The summed E-state index contributed by atoms with van der Waals surface area (Å²) in [5, 5.41) is 20.6. The Labute approximate surface area is 284 Å². The number of halogens is 1. The lowest BCUT2D eigenvalue weighted by Gasteiger charge is -2.24. The summed E-state index contributed by atoms with van der Waals surface area (Å²) >= 11 is 2.49. The topological polar surface area (TPSA) is 124 Å². The highest BCUT2D eigenvalue weighted by atomic mass is 32.2. The zero-order valence-electron chi connectivity index (χ0n) is 26.6. The van der Waals surface area contributed by atoms with Crippen LogP contribution >= 0.6 is 23.1 Å². The number of Topliss-reactive ketones (excluding diaryl/α,β-unsaturated/α-hetero) is 1. The van der Waals surface area contributed by atoms with E-state index in [0.29, 0.717) is 56.4 Å². The van der Waals surface area contributed by atoms with Crippen LogP contribution in [0.2, 0.25) is 0 Å². The predicted molar refractivity (Wildman–Crippen MR) is 181 cm³/mol. The van der Waals surface area contributed by atoms with Gasteiger partial charge in [0.25, 0.3) is 5.91 Å². The summed E-state index contributed by atoms with van der Waals surface area (Å²) in [6.07, 6.45) is 0.839. The van der Waals surface area contributed by atoms with Crippen LogP contribution in [-0.4, -0.2) is 47.8 Å². The Morgan fingerprint density at radius 1 is 1.04 bits per heavy atom. The Bertz CT molecular complexity index is 2000. The summed E-state index contributed by atoms with van der Waals surface area (Å²) in [4.78, 5) is 29.3. The number of anilines is 1. The first kappa shape index (κ1) is 33.0. The summed E-state index contributed by atoms with van der Waals surface area (Å²) in [5.74, 6) is -0.383. The molecule has 3 heterocycles. The number of rotatable bonds is 13. The smallest absolute Gasteiger partial charge is 0.296 e. The van der Waals surface area contributed by atoms with E-state index in [1.54, 1.807) is 54.6 Å². The fourth-order valence-corrected chi connectivity index (χ4v) is 7.08. The molecule has 13 heteroatoms. The van der Waals surface area contributed by atoms with Crippen molar-refractivity contribution in [3.05, 3.63) is 101 Å². The highest BCUT2D eigenvalue weighted by molar-refractivity contribution is 8.00. The number of carbonyl (C=O) groups excluding carboxylic acids is 2. The van der Waals surface area contributed by atoms with Crippen molar-refractivity contribution in [3.63, 3.8) is 0 Å². The normalized spacial score (nSPS) is 14.8. The van der Waals surface area contributed by atoms with Crippen molar-refractivity contribution in [3.8, 4) is 17.2 Å². The van der Waals surface area contributed by atoms with Crippen LogP contribution in [0.1, 0.15) is 48.0 Å². The van der Waals surface area contributed by atoms with Gasteiger partial charge in [0.1, 0.15) is 5.82 Å². The molecule has 3 aromatic carbocycles. The Kier molecular flexibility index (Phi) is 9.69. The van der Waals surface area contributed by atoms with Crippen molar-refractivity contribution in [1.29, 1.82) is 0 Å². The average molecular weight is 690 g/mol. The minimum Gasteiger partial charge on any atom is -0.503 e. The molecule has 0 radical (unpaired) electrons. The maximum atomic E-state index is 14.2. The van der Waals surface area contributed by atoms with Crippen LogP contribution in [0.3, 0.4) is 0 Å². The highest BCUT2D eigenvalue weighted by Crippen LogP contribution is 2.46. The van der Waals surface area contributed by atoms with Gasteiger partial charge in [-0.2, -0.15) is 0 Å². The Balaban J connectivity index is 1.38. The molecule has 248 valence electrons. The number of fused-ring (bicyclic) bond motifs is 1. The molecule has 6 rings (SSSR count). The average Bonchev–Trinajstić information content (AvgIpc) is 3.80. The number of benzene rings is 3. The molecule has 0 spiro atoms. The molecule has 1 aliphatic heterocycles. The first-order valence-corrected chi connectivity index (χ1v) is 16.9. The maximum absolute atomic E-state index is 14.2. The maximum Gasteiger partial charge on any atom is 0.296 e. The van der Waals surface area contributed by atoms with E-state index in [4.69, 9.17) is 18.6 Å². The van der Waals surface area contributed by atoms with Crippen molar-refractivity contribution in [1.82, 2.24) is 10.2 Å². The van der Waals surface area contributed by atoms with Crippen LogP contribution in [0, 0.1) is 11.7 Å². The Morgan fingerprint density at radius 3 is 2.54 bits per heavy atom. The number of aliphatic hydroxyl groups is 1. The van der Waals surface area contributed by atoms with Crippen LogP contribution in [0.15, 0.2) is 86.8 Å². The van der Waals surface area contributed by atoms with Gasteiger partial charge in [-0.05, 0) is 59.9 Å². The van der Waals surface area contributed by atoms with Gasteiger partial charge in [0.2, 0.25) is 10.9 Å². The monoisotopic (exact) mass is 689 g/mol. The molecule has 0 saturated heterocycles. The number of para-hydroxylation sites is 1. The molecule has 1 N–H and O–H groups in total. The number of aliphatic hydroxyl groups excluding tert-OH is 1. The molecular weight excluding hydrogens is 658 g/mol. The number of hydrogen-bond acceptors (Lipinski definition) is 11. The summed E-state index contributed by atoms with van der Waals surface area (Å²) in [7, 11) is 3.00. The second-order valence-corrected chi connectivity index (χ2v) is 13.5. The van der Waals surface area contributed by atoms with Gasteiger partial charge in [-0.15, -0.1) is 10.2 Å². The number of thioether (sulfide) groups is 1. The molecule has 1 amide bonds. The van der Waals surface area contributed by atoms with Crippen LogP contribution in [0.25, 0.3) is 11.0 Å². The molecule has 5 aromatic rings. The number of methoxy groups -OCH3 is 2.